The van der Waals surface area contributed by atoms with Gasteiger partial charge < -0.3 is 0 Å². The van der Waals surface area contributed by atoms with Crippen molar-refractivity contribution >= 4 is 17.0 Å². The van der Waals surface area contributed by atoms with Crippen molar-refractivity contribution in [1.29, 1.82) is 5.26 Å². The molecule has 85 valence electrons. The predicted molar refractivity (Wildman–Crippen MR) is 69.7 cm³/mol. The zero-order valence-corrected chi connectivity index (χ0v) is 9.88. The molecule has 3 rings (SSSR count). The molecule has 0 aliphatic carbocycles. The Morgan fingerprint density at radius 1 is 1.22 bits per heavy atom. The highest BCUT2D eigenvalue weighted by atomic mass is 14.9. The summed E-state index contributed by atoms with van der Waals surface area (Å²) in [5, 5.41) is 13.5. The Morgan fingerprint density at radius 2 is 2.11 bits per heavy atom. The molecule has 0 N–H and O–H groups in total. The maximum atomic E-state index is 8.93. The molecule has 3 nitrogen and oxygen atoms in total. The number of rotatable bonds is 1. The maximum absolute atomic E-state index is 8.93. The van der Waals surface area contributed by atoms with E-state index in [1.807, 2.05) is 31.2 Å². The summed E-state index contributed by atoms with van der Waals surface area (Å²) in [6.07, 6.45) is 3.55. The molecule has 0 spiro atoms. The molecule has 3 heteroatoms. The normalized spacial score (nSPS) is 12.9. The van der Waals surface area contributed by atoms with E-state index in [1.165, 1.54) is 0 Å². The lowest BCUT2D eigenvalue weighted by atomic mass is 10.0. The number of benzene rings is 1. The fourth-order valence-corrected chi connectivity index (χ4v) is 2.12. The van der Waals surface area contributed by atoms with Gasteiger partial charge in [0.05, 0.1) is 23.0 Å². The molecule has 1 aliphatic heterocycles. The third-order valence-corrected chi connectivity index (χ3v) is 3.05. The molecule has 0 fully saturated rings. The average molecular weight is 232 g/mol. The summed E-state index contributed by atoms with van der Waals surface area (Å²) in [5.74, 6) is 0. The summed E-state index contributed by atoms with van der Waals surface area (Å²) < 4.78 is 0. The molecule has 0 amide bonds. The highest BCUT2D eigenvalue weighted by Gasteiger charge is 2.21. The van der Waals surface area contributed by atoms with Gasteiger partial charge in [-0.2, -0.15) is 5.26 Å². The molecular weight excluding hydrogens is 222 g/mol. The summed E-state index contributed by atoms with van der Waals surface area (Å²) in [7, 11) is 0. The third kappa shape index (κ3) is 1.56. The number of fused-ring (bicyclic) bond motifs is 1. The lowest BCUT2D eigenvalue weighted by Crippen LogP contribution is -1.93. The predicted octanol–water partition coefficient (Wildman–Crippen LogP) is 3.09. The molecule has 2 aromatic rings. The van der Waals surface area contributed by atoms with E-state index in [1.54, 1.807) is 18.5 Å². The standard InChI is InChI=1S/C15H10N3/c1-10-13-7-11(8-16)4-5-14(13)18-15(10)12-3-2-6-17-9-12/h2-7,9H,1H3. The van der Waals surface area contributed by atoms with E-state index in [0.29, 0.717) is 5.56 Å². The van der Waals surface area contributed by atoms with E-state index in [9.17, 15) is 0 Å². The lowest BCUT2D eigenvalue weighted by Gasteiger charge is -2.01. The summed E-state index contributed by atoms with van der Waals surface area (Å²) in [6.45, 7) is 2.03. The first kappa shape index (κ1) is 10.5. The molecule has 2 heterocycles. The van der Waals surface area contributed by atoms with Crippen molar-refractivity contribution in [2.45, 2.75) is 6.92 Å². The minimum Gasteiger partial charge on any atom is -0.264 e. The summed E-state index contributed by atoms with van der Waals surface area (Å²) in [4.78, 5) is 4.11. The molecule has 1 aromatic carbocycles. The number of nitriles is 1. The van der Waals surface area contributed by atoms with Gasteiger partial charge in [0.1, 0.15) is 0 Å². The Kier molecular flexibility index (Phi) is 2.35. The van der Waals surface area contributed by atoms with Crippen molar-refractivity contribution in [3.63, 3.8) is 0 Å². The van der Waals surface area contributed by atoms with Gasteiger partial charge in [-0.1, -0.05) is 0 Å². The van der Waals surface area contributed by atoms with Crippen LogP contribution in [0.25, 0.3) is 11.3 Å². The van der Waals surface area contributed by atoms with Gasteiger partial charge >= 0.3 is 0 Å². The number of nitrogens with zero attached hydrogens (tertiary/aromatic N) is 3. The van der Waals surface area contributed by atoms with Crippen LogP contribution >= 0.6 is 0 Å². The van der Waals surface area contributed by atoms with Gasteiger partial charge in [-0.3, -0.25) is 4.98 Å². The zero-order chi connectivity index (χ0) is 12.5. The molecule has 18 heavy (non-hydrogen) atoms. The second-order valence-electron chi connectivity index (χ2n) is 4.17. The number of aromatic nitrogens is 1. The smallest absolute Gasteiger partial charge is 0.0991 e. The van der Waals surface area contributed by atoms with Gasteiger partial charge in [-0.25, -0.2) is 5.32 Å². The van der Waals surface area contributed by atoms with Crippen LogP contribution in [0.5, 0.6) is 0 Å². The highest BCUT2D eigenvalue weighted by Crippen LogP contribution is 2.38. The van der Waals surface area contributed by atoms with Gasteiger partial charge in [-0.15, -0.1) is 0 Å². The first-order valence-corrected chi connectivity index (χ1v) is 5.67. The molecule has 0 atom stereocenters. The fraction of sp³-hybridized carbons (Fsp3) is 0.0667. The molecule has 0 bridgehead atoms. The van der Waals surface area contributed by atoms with Crippen molar-refractivity contribution in [3.05, 3.63) is 59.4 Å². The molecule has 1 radical (unpaired) electrons. The van der Waals surface area contributed by atoms with E-state index in [-0.39, 0.29) is 0 Å². The monoisotopic (exact) mass is 232 g/mol. The summed E-state index contributed by atoms with van der Waals surface area (Å²) >= 11 is 0. The molecule has 0 saturated carbocycles. The first-order chi connectivity index (χ1) is 8.79. The molecule has 0 saturated heterocycles. The summed E-state index contributed by atoms with van der Waals surface area (Å²) in [6, 6.07) is 11.6. The van der Waals surface area contributed by atoms with Crippen LogP contribution in [-0.4, -0.2) is 4.98 Å². The quantitative estimate of drug-likeness (QED) is 0.758. The topological polar surface area (TPSA) is 50.8 Å². The maximum Gasteiger partial charge on any atom is 0.0991 e. The van der Waals surface area contributed by atoms with Crippen LogP contribution in [0.15, 0.2) is 42.7 Å². The van der Waals surface area contributed by atoms with Gasteiger partial charge in [0.2, 0.25) is 0 Å². The molecule has 1 aromatic heterocycles. The number of hydrogen-bond donors (Lipinski definition) is 0. The van der Waals surface area contributed by atoms with Crippen LogP contribution < -0.4 is 5.32 Å². The Bertz CT molecular complexity index is 679. The van der Waals surface area contributed by atoms with Crippen LogP contribution in [0.3, 0.4) is 0 Å². The average Bonchev–Trinajstić information content (AvgIpc) is 2.77. The minimum atomic E-state index is 0.663. The van der Waals surface area contributed by atoms with Crippen LogP contribution in [0.1, 0.15) is 23.6 Å². The van der Waals surface area contributed by atoms with Crippen molar-refractivity contribution in [2.75, 3.05) is 0 Å². The second kappa shape index (κ2) is 4.01. The van der Waals surface area contributed by atoms with Crippen LogP contribution in [0.2, 0.25) is 0 Å². The lowest BCUT2D eigenvalue weighted by molar-refractivity contribution is 1.21. The van der Waals surface area contributed by atoms with E-state index in [4.69, 9.17) is 5.26 Å². The molecular formula is C15H10N3. The van der Waals surface area contributed by atoms with Gasteiger partial charge in [0.15, 0.2) is 0 Å². The van der Waals surface area contributed by atoms with Crippen LogP contribution in [0.4, 0.5) is 5.69 Å². The Hall–Kier alpha value is -2.60. The number of hydrogen-bond acceptors (Lipinski definition) is 2. The van der Waals surface area contributed by atoms with Crippen LogP contribution in [-0.2, 0) is 0 Å². The third-order valence-electron chi connectivity index (χ3n) is 3.05. The van der Waals surface area contributed by atoms with Gasteiger partial charge in [0.25, 0.3) is 0 Å². The SMILES string of the molecule is CC1=C(c2cccnc2)[N]c2ccc(C#N)cc21. The Morgan fingerprint density at radius 3 is 2.83 bits per heavy atom. The second-order valence-corrected chi connectivity index (χ2v) is 4.17. The highest BCUT2D eigenvalue weighted by molar-refractivity contribution is 5.98. The van der Waals surface area contributed by atoms with Gasteiger partial charge in [0, 0.05) is 23.5 Å². The van der Waals surface area contributed by atoms with Crippen molar-refractivity contribution in [3.8, 4) is 6.07 Å². The largest absolute Gasteiger partial charge is 0.264 e. The number of allylic oxidation sites excluding steroid dienone is 1. The molecule has 0 unspecified atom stereocenters. The van der Waals surface area contributed by atoms with E-state index in [0.717, 1.165) is 28.1 Å². The van der Waals surface area contributed by atoms with E-state index < -0.39 is 0 Å². The summed E-state index contributed by atoms with van der Waals surface area (Å²) in [5.41, 5.74) is 5.65. The van der Waals surface area contributed by atoms with E-state index in [2.05, 4.69) is 16.4 Å². The van der Waals surface area contributed by atoms with Crippen molar-refractivity contribution < 1.29 is 0 Å². The molecule has 1 aliphatic rings. The zero-order valence-electron chi connectivity index (χ0n) is 9.88. The van der Waals surface area contributed by atoms with E-state index >= 15 is 0 Å². The number of pyridine rings is 1. The first-order valence-electron chi connectivity index (χ1n) is 5.67. The minimum absolute atomic E-state index is 0.663. The fourth-order valence-electron chi connectivity index (χ4n) is 2.12. The van der Waals surface area contributed by atoms with Gasteiger partial charge in [-0.05, 0) is 42.8 Å². The van der Waals surface area contributed by atoms with Crippen molar-refractivity contribution in [1.82, 2.24) is 10.3 Å². The Balaban J connectivity index is 2.12. The van der Waals surface area contributed by atoms with Crippen LogP contribution in [0, 0.1) is 11.3 Å². The van der Waals surface area contributed by atoms with Crippen molar-refractivity contribution in [2.24, 2.45) is 0 Å². The Labute approximate surface area is 105 Å².